The summed E-state index contributed by atoms with van der Waals surface area (Å²) in [6.45, 7) is 3.56. The summed E-state index contributed by atoms with van der Waals surface area (Å²) in [5, 5.41) is 30.9. The van der Waals surface area contributed by atoms with Gasteiger partial charge in [-0.3, -0.25) is 0 Å². The fraction of sp³-hybridized carbons (Fsp3) is 0.111. The average Bonchev–Trinajstić information content (AvgIpc) is 3.13. The summed E-state index contributed by atoms with van der Waals surface area (Å²) in [4.78, 5) is 11.0. The normalized spacial score (nSPS) is 13.1. The lowest BCUT2D eigenvalue weighted by atomic mass is 9.82. The smallest absolute Gasteiger partial charge is 0.335 e. The topological polar surface area (TPSA) is 101 Å². The van der Waals surface area contributed by atoms with Crippen LogP contribution in [0.3, 0.4) is 0 Å². The van der Waals surface area contributed by atoms with Crippen molar-refractivity contribution in [3.05, 3.63) is 83.7 Å². The van der Waals surface area contributed by atoms with Gasteiger partial charge in [0.2, 0.25) is 0 Å². The molecule has 0 radical (unpaired) electrons. The summed E-state index contributed by atoms with van der Waals surface area (Å²) in [6.07, 6.45) is 1.23. The molecule has 0 aliphatic carbocycles. The molecule has 0 spiro atoms. The van der Waals surface area contributed by atoms with Crippen molar-refractivity contribution < 1.29 is 23.8 Å². The number of tetrazole rings is 1. The lowest BCUT2D eigenvalue weighted by Crippen LogP contribution is -2.34. The number of aromatic carboxylic acids is 1. The second-order valence-electron chi connectivity index (χ2n) is 5.85. The first kappa shape index (κ1) is 18.3. The number of benzene rings is 2. The Labute approximate surface area is 152 Å². The first-order chi connectivity index (χ1) is 12.8. The molecule has 2 N–H and O–H groups in total. The van der Waals surface area contributed by atoms with Crippen LogP contribution in [0.15, 0.2) is 55.4 Å². The van der Waals surface area contributed by atoms with Gasteiger partial charge >= 0.3 is 5.97 Å². The van der Waals surface area contributed by atoms with Gasteiger partial charge in [-0.15, -0.1) is 5.10 Å². The standard InChI is InChI=1S/C18H14F2N4O3/c1-11(12-2-4-13(5-3-12)17(25)26)18(27,9-24-10-21-22-23-24)15-7-6-14(19)8-16(15)20/h2-8,10,27H,1,9H2,(H,25,26). The van der Waals surface area contributed by atoms with E-state index in [1.807, 2.05) is 0 Å². The summed E-state index contributed by atoms with van der Waals surface area (Å²) in [5.41, 5.74) is -1.74. The van der Waals surface area contributed by atoms with Gasteiger partial charge in [-0.1, -0.05) is 18.7 Å². The largest absolute Gasteiger partial charge is 0.478 e. The Morgan fingerprint density at radius 2 is 1.81 bits per heavy atom. The minimum atomic E-state index is -2.02. The minimum Gasteiger partial charge on any atom is -0.478 e. The molecule has 1 unspecified atom stereocenters. The van der Waals surface area contributed by atoms with E-state index in [0.717, 1.165) is 12.1 Å². The molecule has 3 rings (SSSR count). The number of carbonyl (C=O) groups is 1. The van der Waals surface area contributed by atoms with Crippen LogP contribution in [0, 0.1) is 11.6 Å². The minimum absolute atomic E-state index is 0.0449. The third-order valence-corrected chi connectivity index (χ3v) is 4.14. The molecule has 1 atom stereocenters. The summed E-state index contributed by atoms with van der Waals surface area (Å²) < 4.78 is 28.9. The van der Waals surface area contributed by atoms with Gasteiger partial charge in [-0.25, -0.2) is 18.3 Å². The zero-order valence-electron chi connectivity index (χ0n) is 13.9. The van der Waals surface area contributed by atoms with Crippen LogP contribution in [-0.4, -0.2) is 36.4 Å². The van der Waals surface area contributed by atoms with E-state index < -0.39 is 23.2 Å². The van der Waals surface area contributed by atoms with Crippen LogP contribution < -0.4 is 0 Å². The SMILES string of the molecule is C=C(c1ccc(C(=O)O)cc1)C(O)(Cn1cnnn1)c1ccc(F)cc1F. The Morgan fingerprint density at radius 3 is 2.37 bits per heavy atom. The molecule has 27 heavy (non-hydrogen) atoms. The van der Waals surface area contributed by atoms with Crippen LogP contribution in [0.2, 0.25) is 0 Å². The van der Waals surface area contributed by atoms with Crippen molar-refractivity contribution >= 4 is 11.5 Å². The third kappa shape index (κ3) is 3.58. The second-order valence-corrected chi connectivity index (χ2v) is 5.85. The number of halogens is 2. The monoisotopic (exact) mass is 372 g/mol. The van der Waals surface area contributed by atoms with E-state index >= 15 is 0 Å². The molecule has 1 heterocycles. The fourth-order valence-electron chi connectivity index (χ4n) is 2.71. The van der Waals surface area contributed by atoms with Gasteiger partial charge in [-0.05, 0) is 45.8 Å². The van der Waals surface area contributed by atoms with Crippen LogP contribution in [0.25, 0.3) is 5.57 Å². The molecule has 0 aliphatic rings. The Kier molecular flexibility index (Phi) is 4.78. The molecule has 1 aromatic heterocycles. The van der Waals surface area contributed by atoms with Gasteiger partial charge in [-0.2, -0.15) is 0 Å². The van der Waals surface area contributed by atoms with Crippen LogP contribution in [0.4, 0.5) is 8.78 Å². The Hall–Kier alpha value is -3.46. The molecule has 9 heteroatoms. The molecule has 0 bridgehead atoms. The quantitative estimate of drug-likeness (QED) is 0.688. The summed E-state index contributed by atoms with van der Waals surface area (Å²) in [5.74, 6) is -2.87. The number of aromatic nitrogens is 4. The van der Waals surface area contributed by atoms with Gasteiger partial charge in [0.1, 0.15) is 23.6 Å². The molecular weight excluding hydrogens is 358 g/mol. The van der Waals surface area contributed by atoms with E-state index in [1.54, 1.807) is 0 Å². The maximum absolute atomic E-state index is 14.4. The highest BCUT2D eigenvalue weighted by Gasteiger charge is 2.37. The zero-order valence-corrected chi connectivity index (χ0v) is 13.9. The van der Waals surface area contributed by atoms with Crippen molar-refractivity contribution in [1.82, 2.24) is 20.2 Å². The molecule has 7 nitrogen and oxygen atoms in total. The van der Waals surface area contributed by atoms with Gasteiger partial charge in [0.15, 0.2) is 0 Å². The Balaban J connectivity index is 2.08. The molecule has 138 valence electrons. The van der Waals surface area contributed by atoms with Crippen molar-refractivity contribution in [2.24, 2.45) is 0 Å². The third-order valence-electron chi connectivity index (χ3n) is 4.14. The highest BCUT2D eigenvalue weighted by Crippen LogP contribution is 2.38. The molecule has 0 fully saturated rings. The van der Waals surface area contributed by atoms with E-state index in [2.05, 4.69) is 22.1 Å². The maximum Gasteiger partial charge on any atom is 0.335 e. The second kappa shape index (κ2) is 7.04. The van der Waals surface area contributed by atoms with Crippen molar-refractivity contribution in [2.45, 2.75) is 12.1 Å². The van der Waals surface area contributed by atoms with Crippen LogP contribution in [0.5, 0.6) is 0 Å². The van der Waals surface area contributed by atoms with Crippen molar-refractivity contribution in [3.63, 3.8) is 0 Å². The van der Waals surface area contributed by atoms with E-state index in [4.69, 9.17) is 5.11 Å². The van der Waals surface area contributed by atoms with Crippen molar-refractivity contribution in [2.75, 3.05) is 0 Å². The lowest BCUT2D eigenvalue weighted by molar-refractivity contribution is 0.0696. The van der Waals surface area contributed by atoms with Crippen molar-refractivity contribution in [3.8, 4) is 0 Å². The van der Waals surface area contributed by atoms with Crippen LogP contribution in [-0.2, 0) is 12.1 Å². The molecular formula is C18H14F2N4O3. The van der Waals surface area contributed by atoms with Gasteiger partial charge in [0.05, 0.1) is 12.1 Å². The molecule has 0 amide bonds. The lowest BCUT2D eigenvalue weighted by Gasteiger charge is -2.31. The number of hydrogen-bond acceptors (Lipinski definition) is 5. The number of aliphatic hydroxyl groups is 1. The maximum atomic E-state index is 14.4. The molecule has 0 saturated heterocycles. The first-order valence-electron chi connectivity index (χ1n) is 7.73. The summed E-state index contributed by atoms with van der Waals surface area (Å²) in [6, 6.07) is 8.34. The highest BCUT2D eigenvalue weighted by atomic mass is 19.1. The number of nitrogens with zero attached hydrogens (tertiary/aromatic N) is 4. The van der Waals surface area contributed by atoms with Gasteiger partial charge in [0.25, 0.3) is 0 Å². The first-order valence-corrected chi connectivity index (χ1v) is 7.73. The van der Waals surface area contributed by atoms with Crippen LogP contribution >= 0.6 is 0 Å². The number of rotatable bonds is 6. The van der Waals surface area contributed by atoms with E-state index in [9.17, 15) is 18.7 Å². The van der Waals surface area contributed by atoms with Gasteiger partial charge < -0.3 is 10.2 Å². The summed E-state index contributed by atoms with van der Waals surface area (Å²) >= 11 is 0. The Morgan fingerprint density at radius 1 is 1.15 bits per heavy atom. The van der Waals surface area contributed by atoms with E-state index in [0.29, 0.717) is 11.6 Å². The molecule has 0 saturated carbocycles. The predicted octanol–water partition coefficient (Wildman–Crippen LogP) is 2.25. The van der Waals surface area contributed by atoms with Crippen molar-refractivity contribution in [1.29, 1.82) is 0 Å². The highest BCUT2D eigenvalue weighted by molar-refractivity contribution is 5.88. The van der Waals surface area contributed by atoms with Gasteiger partial charge in [0, 0.05) is 11.6 Å². The zero-order chi connectivity index (χ0) is 19.6. The molecule has 3 aromatic rings. The number of hydrogen-bond donors (Lipinski definition) is 2. The average molecular weight is 372 g/mol. The Bertz CT molecular complexity index is 990. The van der Waals surface area contributed by atoms with Crippen LogP contribution in [0.1, 0.15) is 21.5 Å². The summed E-state index contributed by atoms with van der Waals surface area (Å²) in [7, 11) is 0. The fourth-order valence-corrected chi connectivity index (χ4v) is 2.71. The number of carboxylic acid groups (broad SMARTS) is 1. The van der Waals surface area contributed by atoms with E-state index in [-0.39, 0.29) is 23.2 Å². The molecule has 0 aliphatic heterocycles. The van der Waals surface area contributed by atoms with E-state index in [1.165, 1.54) is 35.3 Å². The predicted molar refractivity (Wildman–Crippen MR) is 90.5 cm³/mol. The molecule has 2 aromatic carbocycles. The number of carboxylic acids is 1.